The largest absolute Gasteiger partial charge is 0.397 e. The SMILES string of the molecule is CC(NC(=O)c1sccc1N)C1CC1. The van der Waals surface area contributed by atoms with E-state index in [9.17, 15) is 4.79 Å². The highest BCUT2D eigenvalue weighted by Crippen LogP contribution is 2.32. The molecule has 1 amide bonds. The van der Waals surface area contributed by atoms with E-state index in [1.165, 1.54) is 24.2 Å². The van der Waals surface area contributed by atoms with Crippen molar-refractivity contribution in [3.8, 4) is 0 Å². The Labute approximate surface area is 87.3 Å². The van der Waals surface area contributed by atoms with Crippen molar-refractivity contribution in [1.29, 1.82) is 0 Å². The molecule has 0 spiro atoms. The van der Waals surface area contributed by atoms with Crippen LogP contribution < -0.4 is 11.1 Å². The summed E-state index contributed by atoms with van der Waals surface area (Å²) >= 11 is 1.39. The van der Waals surface area contributed by atoms with Crippen LogP contribution in [0, 0.1) is 5.92 Å². The minimum absolute atomic E-state index is 0.0306. The summed E-state index contributed by atoms with van der Waals surface area (Å²) < 4.78 is 0. The average molecular weight is 210 g/mol. The number of anilines is 1. The summed E-state index contributed by atoms with van der Waals surface area (Å²) in [6.45, 7) is 2.05. The van der Waals surface area contributed by atoms with Gasteiger partial charge in [-0.15, -0.1) is 11.3 Å². The Hall–Kier alpha value is -1.03. The molecule has 76 valence electrons. The van der Waals surface area contributed by atoms with Crippen LogP contribution in [-0.4, -0.2) is 11.9 Å². The molecule has 0 aromatic carbocycles. The molecule has 1 aliphatic carbocycles. The van der Waals surface area contributed by atoms with E-state index in [-0.39, 0.29) is 11.9 Å². The Bertz CT molecular complexity index is 344. The van der Waals surface area contributed by atoms with Gasteiger partial charge in [0.1, 0.15) is 4.88 Å². The summed E-state index contributed by atoms with van der Waals surface area (Å²) in [6.07, 6.45) is 2.47. The molecule has 1 heterocycles. The molecule has 3 N–H and O–H groups in total. The Kier molecular flexibility index (Phi) is 2.46. The molecule has 1 aliphatic rings. The van der Waals surface area contributed by atoms with Crippen LogP contribution in [0.25, 0.3) is 0 Å². The monoisotopic (exact) mass is 210 g/mol. The van der Waals surface area contributed by atoms with Gasteiger partial charge < -0.3 is 11.1 Å². The summed E-state index contributed by atoms with van der Waals surface area (Å²) in [4.78, 5) is 12.3. The van der Waals surface area contributed by atoms with Crippen LogP contribution in [0.4, 0.5) is 5.69 Å². The number of hydrogen-bond acceptors (Lipinski definition) is 3. The number of carbonyl (C=O) groups is 1. The minimum Gasteiger partial charge on any atom is -0.397 e. The number of hydrogen-bond donors (Lipinski definition) is 2. The predicted octanol–water partition coefficient (Wildman–Crippen LogP) is 1.86. The molecule has 2 rings (SSSR count). The van der Waals surface area contributed by atoms with Crippen LogP contribution in [0.2, 0.25) is 0 Å². The molecule has 1 aromatic heterocycles. The Morgan fingerprint density at radius 1 is 1.71 bits per heavy atom. The number of amides is 1. The lowest BCUT2D eigenvalue weighted by Gasteiger charge is -2.11. The highest BCUT2D eigenvalue weighted by molar-refractivity contribution is 7.12. The molecule has 3 nitrogen and oxygen atoms in total. The number of carbonyl (C=O) groups excluding carboxylic acids is 1. The lowest BCUT2D eigenvalue weighted by Crippen LogP contribution is -2.33. The van der Waals surface area contributed by atoms with Gasteiger partial charge in [0.25, 0.3) is 5.91 Å². The van der Waals surface area contributed by atoms with E-state index < -0.39 is 0 Å². The first kappa shape index (κ1) is 9.52. The highest BCUT2D eigenvalue weighted by atomic mass is 32.1. The van der Waals surface area contributed by atoms with Gasteiger partial charge in [0.2, 0.25) is 0 Å². The molecule has 1 unspecified atom stereocenters. The normalized spacial score (nSPS) is 17.8. The number of thiophene rings is 1. The van der Waals surface area contributed by atoms with Crippen molar-refractivity contribution >= 4 is 22.9 Å². The third-order valence-electron chi connectivity index (χ3n) is 2.59. The zero-order chi connectivity index (χ0) is 10.1. The van der Waals surface area contributed by atoms with Crippen LogP contribution in [0.3, 0.4) is 0 Å². The maximum atomic E-state index is 11.7. The second-order valence-corrected chi connectivity index (χ2v) is 4.72. The van der Waals surface area contributed by atoms with E-state index in [4.69, 9.17) is 5.73 Å². The molecular weight excluding hydrogens is 196 g/mol. The molecule has 1 atom stereocenters. The number of rotatable bonds is 3. The standard InChI is InChI=1S/C10H14N2OS/c1-6(7-2-3-7)12-10(13)9-8(11)4-5-14-9/h4-7H,2-3,11H2,1H3,(H,12,13). The fraction of sp³-hybridized carbons (Fsp3) is 0.500. The molecule has 1 fully saturated rings. The van der Waals surface area contributed by atoms with E-state index in [1.54, 1.807) is 6.07 Å². The second kappa shape index (κ2) is 3.61. The minimum atomic E-state index is -0.0306. The van der Waals surface area contributed by atoms with Crippen molar-refractivity contribution < 1.29 is 4.79 Å². The number of nitrogens with two attached hydrogens (primary N) is 1. The lowest BCUT2D eigenvalue weighted by molar-refractivity contribution is 0.0941. The van der Waals surface area contributed by atoms with Crippen molar-refractivity contribution in [1.82, 2.24) is 5.32 Å². The van der Waals surface area contributed by atoms with Gasteiger partial charge in [-0.2, -0.15) is 0 Å². The maximum Gasteiger partial charge on any atom is 0.263 e. The van der Waals surface area contributed by atoms with Crippen molar-refractivity contribution in [2.24, 2.45) is 5.92 Å². The molecule has 14 heavy (non-hydrogen) atoms. The molecular formula is C10H14N2OS. The van der Waals surface area contributed by atoms with Crippen LogP contribution in [0.15, 0.2) is 11.4 Å². The first-order valence-corrected chi connectivity index (χ1v) is 5.70. The van der Waals surface area contributed by atoms with E-state index in [0.717, 1.165) is 0 Å². The molecule has 4 heteroatoms. The van der Waals surface area contributed by atoms with Crippen molar-refractivity contribution in [2.75, 3.05) is 5.73 Å². The van der Waals surface area contributed by atoms with Crippen LogP contribution in [0.1, 0.15) is 29.4 Å². The third kappa shape index (κ3) is 1.90. The Morgan fingerprint density at radius 2 is 2.43 bits per heavy atom. The Morgan fingerprint density at radius 3 is 2.93 bits per heavy atom. The fourth-order valence-electron chi connectivity index (χ4n) is 1.49. The summed E-state index contributed by atoms with van der Waals surface area (Å²) in [7, 11) is 0. The van der Waals surface area contributed by atoms with Gasteiger partial charge in [-0.05, 0) is 37.1 Å². The second-order valence-electron chi connectivity index (χ2n) is 3.80. The van der Waals surface area contributed by atoms with Gasteiger partial charge in [0, 0.05) is 6.04 Å². The van der Waals surface area contributed by atoms with Crippen LogP contribution in [-0.2, 0) is 0 Å². The quantitative estimate of drug-likeness (QED) is 0.800. The molecule has 1 saturated carbocycles. The molecule has 1 aromatic rings. The molecule has 0 radical (unpaired) electrons. The van der Waals surface area contributed by atoms with E-state index >= 15 is 0 Å². The molecule has 0 saturated heterocycles. The topological polar surface area (TPSA) is 55.1 Å². The van der Waals surface area contributed by atoms with Gasteiger partial charge in [-0.1, -0.05) is 0 Å². The van der Waals surface area contributed by atoms with Gasteiger partial charge in [-0.3, -0.25) is 4.79 Å². The van der Waals surface area contributed by atoms with Crippen LogP contribution >= 0.6 is 11.3 Å². The smallest absolute Gasteiger partial charge is 0.263 e. The zero-order valence-electron chi connectivity index (χ0n) is 8.12. The first-order valence-electron chi connectivity index (χ1n) is 4.82. The van der Waals surface area contributed by atoms with Crippen molar-refractivity contribution in [3.05, 3.63) is 16.3 Å². The van der Waals surface area contributed by atoms with E-state index in [2.05, 4.69) is 12.2 Å². The van der Waals surface area contributed by atoms with Crippen LogP contribution in [0.5, 0.6) is 0 Å². The predicted molar refractivity (Wildman–Crippen MR) is 58.4 cm³/mol. The maximum absolute atomic E-state index is 11.7. The van der Waals surface area contributed by atoms with Crippen molar-refractivity contribution in [3.63, 3.8) is 0 Å². The number of nitrogen functional groups attached to an aromatic ring is 1. The van der Waals surface area contributed by atoms with E-state index in [0.29, 0.717) is 16.5 Å². The van der Waals surface area contributed by atoms with Gasteiger partial charge >= 0.3 is 0 Å². The highest BCUT2D eigenvalue weighted by Gasteiger charge is 2.29. The fourth-order valence-corrected chi connectivity index (χ4v) is 2.21. The summed E-state index contributed by atoms with van der Waals surface area (Å²) in [5.74, 6) is 0.650. The van der Waals surface area contributed by atoms with Gasteiger partial charge in [0.15, 0.2) is 0 Å². The van der Waals surface area contributed by atoms with E-state index in [1.807, 2.05) is 5.38 Å². The lowest BCUT2D eigenvalue weighted by atomic mass is 10.2. The summed E-state index contributed by atoms with van der Waals surface area (Å²) in [5.41, 5.74) is 6.24. The average Bonchev–Trinajstić information content (AvgIpc) is 2.89. The van der Waals surface area contributed by atoms with Gasteiger partial charge in [-0.25, -0.2) is 0 Å². The Balaban J connectivity index is 1.98. The summed E-state index contributed by atoms with van der Waals surface area (Å²) in [5, 5.41) is 4.82. The first-order chi connectivity index (χ1) is 6.68. The molecule has 0 bridgehead atoms. The van der Waals surface area contributed by atoms with Gasteiger partial charge in [0.05, 0.1) is 5.69 Å². The molecule has 0 aliphatic heterocycles. The van der Waals surface area contributed by atoms with Crippen molar-refractivity contribution in [2.45, 2.75) is 25.8 Å². The zero-order valence-corrected chi connectivity index (χ0v) is 8.93. The summed E-state index contributed by atoms with van der Waals surface area (Å²) in [6, 6.07) is 2.05. The number of nitrogens with one attached hydrogen (secondary N) is 1. The third-order valence-corrected chi connectivity index (χ3v) is 3.52.